The van der Waals surface area contributed by atoms with E-state index in [9.17, 15) is 38.4 Å². The van der Waals surface area contributed by atoms with E-state index in [1.165, 1.54) is 24.5 Å². The minimum atomic E-state index is -0.793. The van der Waals surface area contributed by atoms with Crippen LogP contribution in [0.1, 0.15) is 111 Å². The zero-order valence-corrected chi connectivity index (χ0v) is 41.3. The van der Waals surface area contributed by atoms with Gasteiger partial charge in [-0.1, -0.05) is 53.4 Å². The lowest BCUT2D eigenvalue weighted by Gasteiger charge is -2.31. The highest BCUT2D eigenvalue weighted by Gasteiger charge is 2.36. The largest absolute Gasteiger partial charge is 0.354 e. The van der Waals surface area contributed by atoms with E-state index in [1.54, 1.807) is 63.4 Å². The number of rotatable bonds is 32. The topological polar surface area (TPSA) is 215 Å². The summed E-state index contributed by atoms with van der Waals surface area (Å²) in [4.78, 5) is 116. The molecular weight excluding hydrogens is 807 g/mol. The van der Waals surface area contributed by atoms with Crippen LogP contribution in [0.3, 0.4) is 0 Å². The van der Waals surface area contributed by atoms with Crippen LogP contribution < -0.4 is 21.7 Å². The van der Waals surface area contributed by atoms with Crippen LogP contribution in [0.2, 0.25) is 0 Å². The van der Waals surface area contributed by atoms with E-state index in [2.05, 4.69) is 16.0 Å². The van der Waals surface area contributed by atoms with Gasteiger partial charge in [0.1, 0.15) is 0 Å². The van der Waals surface area contributed by atoms with Gasteiger partial charge < -0.3 is 46.2 Å². The second-order valence-electron chi connectivity index (χ2n) is 18.1. The van der Waals surface area contributed by atoms with Crippen molar-refractivity contribution in [1.29, 1.82) is 0 Å². The molecule has 0 aliphatic rings. The zero-order chi connectivity index (χ0) is 48.4. The molecule has 0 saturated carbocycles. The van der Waals surface area contributed by atoms with Crippen LogP contribution in [0.15, 0.2) is 0 Å². The van der Waals surface area contributed by atoms with E-state index in [1.807, 2.05) is 27.7 Å². The lowest BCUT2D eigenvalue weighted by atomic mass is 9.79. The van der Waals surface area contributed by atoms with E-state index in [-0.39, 0.29) is 112 Å². The number of hydrogen-bond donors (Lipinski definition) is 4. The first kappa shape index (κ1) is 58.7. The summed E-state index contributed by atoms with van der Waals surface area (Å²) in [6.07, 6.45) is 6.00. The molecule has 63 heavy (non-hydrogen) atoms. The number of hydrogen-bond acceptors (Lipinski definition) is 9. The molecule has 0 aliphatic heterocycles. The van der Waals surface area contributed by atoms with E-state index in [0.717, 1.165) is 12.8 Å². The molecule has 0 heterocycles. The molecule has 17 nitrogen and oxygen atoms in total. The van der Waals surface area contributed by atoms with Crippen LogP contribution in [0.25, 0.3) is 0 Å². The highest BCUT2D eigenvalue weighted by atomic mass is 16.2. The molecule has 0 saturated heterocycles. The summed E-state index contributed by atoms with van der Waals surface area (Å²) in [6.45, 7) is 8.39. The summed E-state index contributed by atoms with van der Waals surface area (Å²) < 4.78 is 0. The lowest BCUT2D eigenvalue weighted by molar-refractivity contribution is -0.141. The first-order valence-electron chi connectivity index (χ1n) is 23.2. The second kappa shape index (κ2) is 31.5. The zero-order valence-electron chi connectivity index (χ0n) is 41.3. The summed E-state index contributed by atoms with van der Waals surface area (Å²) in [5.74, 6) is -5.89. The SMILES string of the molecule is CCCC(C[C@H](CC(C[C@@H](CCC)C(=O)N(C)C)C(=O)NCCNC(=O)C(C[C@@H](CCC)C(=O)N(C)C)C[C@@H](CCC)C(=O)N(C)C)C(=O)N(C)C)C(=O)N(C)CC(=O)NCCN. The number of amides is 8. The van der Waals surface area contributed by atoms with Crippen molar-refractivity contribution in [2.24, 2.45) is 47.2 Å². The van der Waals surface area contributed by atoms with Gasteiger partial charge in [0.15, 0.2) is 0 Å². The molecule has 0 bridgehead atoms. The molecule has 0 fully saturated rings. The Bertz CT molecular complexity index is 1410. The van der Waals surface area contributed by atoms with Crippen molar-refractivity contribution in [3.63, 3.8) is 0 Å². The van der Waals surface area contributed by atoms with Gasteiger partial charge in [-0.25, -0.2) is 0 Å². The Morgan fingerprint density at radius 3 is 0.984 bits per heavy atom. The van der Waals surface area contributed by atoms with Gasteiger partial charge in [0.25, 0.3) is 0 Å². The van der Waals surface area contributed by atoms with Crippen LogP contribution in [0, 0.1) is 41.4 Å². The maximum Gasteiger partial charge on any atom is 0.239 e. The average Bonchev–Trinajstić information content (AvgIpc) is 3.23. The third-order valence-electron chi connectivity index (χ3n) is 11.6. The molecule has 17 heteroatoms. The Morgan fingerprint density at radius 2 is 0.683 bits per heavy atom. The van der Waals surface area contributed by atoms with Crippen molar-refractivity contribution >= 4 is 47.3 Å². The van der Waals surface area contributed by atoms with Crippen LogP contribution in [-0.4, -0.2) is 168 Å². The van der Waals surface area contributed by atoms with Crippen molar-refractivity contribution in [2.45, 2.75) is 111 Å². The summed E-state index contributed by atoms with van der Waals surface area (Å²) in [7, 11) is 14.9. The molecule has 2 unspecified atom stereocenters. The van der Waals surface area contributed by atoms with Crippen molar-refractivity contribution in [3.05, 3.63) is 0 Å². The van der Waals surface area contributed by atoms with E-state index in [4.69, 9.17) is 5.73 Å². The fourth-order valence-electron chi connectivity index (χ4n) is 8.39. The van der Waals surface area contributed by atoms with Gasteiger partial charge in [-0.05, 0) is 57.8 Å². The number of nitrogens with two attached hydrogens (primary N) is 1. The summed E-state index contributed by atoms with van der Waals surface area (Å²) in [5.41, 5.74) is 5.52. The maximum absolute atomic E-state index is 14.3. The van der Waals surface area contributed by atoms with Gasteiger partial charge >= 0.3 is 0 Å². The monoisotopic (exact) mass is 894 g/mol. The van der Waals surface area contributed by atoms with Crippen molar-refractivity contribution in [3.8, 4) is 0 Å². The highest BCUT2D eigenvalue weighted by Crippen LogP contribution is 2.31. The summed E-state index contributed by atoms with van der Waals surface area (Å²) in [6, 6.07) is 0. The predicted octanol–water partition coefficient (Wildman–Crippen LogP) is 2.57. The molecule has 5 N–H and O–H groups in total. The number of carbonyl (C=O) groups excluding carboxylic acids is 8. The molecular formula is C46H87N9O8. The van der Waals surface area contributed by atoms with E-state index in [0.29, 0.717) is 38.5 Å². The molecule has 6 atom stereocenters. The Morgan fingerprint density at radius 1 is 0.397 bits per heavy atom. The Hall–Kier alpha value is -4.28. The van der Waals surface area contributed by atoms with Crippen molar-refractivity contribution < 1.29 is 38.4 Å². The van der Waals surface area contributed by atoms with Gasteiger partial charge in [-0.2, -0.15) is 0 Å². The smallest absolute Gasteiger partial charge is 0.239 e. The number of nitrogens with one attached hydrogen (secondary N) is 3. The fraction of sp³-hybridized carbons (Fsp3) is 0.826. The minimum absolute atomic E-state index is 0.0537. The Kier molecular flexibility index (Phi) is 29.4. The summed E-state index contributed by atoms with van der Waals surface area (Å²) in [5, 5.41) is 8.59. The van der Waals surface area contributed by atoms with Crippen LogP contribution >= 0.6 is 0 Å². The molecule has 364 valence electrons. The normalized spacial score (nSPS) is 14.0. The van der Waals surface area contributed by atoms with Gasteiger partial charge in [0.05, 0.1) is 6.54 Å². The standard InChI is InChI=1S/C46H87N9O8/c1-14-18-32(42(59)51(5)6)26-36(27-33(19-15-2)43(60)52(7)8)40(57)49-24-25-50-41(58)37(28-34(20-16-3)44(61)53(9)10)30-38(45(62)54(11)12)29-35(21-17-4)46(63)55(13)31-39(56)48-23-22-47/h32-38H,14-31,47H2,1-13H3,(H,48,56)(H,49,57)(H,50,58)/t32-,33-,34-,35?,37?,38-/m1/s1. The minimum Gasteiger partial charge on any atom is -0.354 e. The molecule has 0 aromatic carbocycles. The Labute approximate surface area is 379 Å². The molecule has 0 aromatic rings. The number of likely N-dealkylation sites (N-methyl/N-ethyl adjacent to an activating group) is 1. The third-order valence-corrected chi connectivity index (χ3v) is 11.6. The van der Waals surface area contributed by atoms with Gasteiger partial charge in [-0.3, -0.25) is 38.4 Å². The second-order valence-corrected chi connectivity index (χ2v) is 18.1. The van der Waals surface area contributed by atoms with Crippen LogP contribution in [0.4, 0.5) is 0 Å². The lowest BCUT2D eigenvalue weighted by Crippen LogP contribution is -2.44. The van der Waals surface area contributed by atoms with Gasteiger partial charge in [0.2, 0.25) is 47.3 Å². The number of nitrogens with zero attached hydrogens (tertiary/aromatic N) is 5. The summed E-state index contributed by atoms with van der Waals surface area (Å²) >= 11 is 0. The maximum atomic E-state index is 14.3. The first-order chi connectivity index (χ1) is 29.6. The predicted molar refractivity (Wildman–Crippen MR) is 248 cm³/mol. The fourth-order valence-corrected chi connectivity index (χ4v) is 8.39. The Balaban J connectivity index is 6.64. The number of carbonyl (C=O) groups is 8. The van der Waals surface area contributed by atoms with Gasteiger partial charge in [0, 0.05) is 131 Å². The van der Waals surface area contributed by atoms with Crippen molar-refractivity contribution in [2.75, 3.05) is 96.2 Å². The molecule has 0 rings (SSSR count). The van der Waals surface area contributed by atoms with E-state index < -0.39 is 41.4 Å². The van der Waals surface area contributed by atoms with E-state index >= 15 is 0 Å². The quantitative estimate of drug-likeness (QED) is 0.0730. The molecule has 0 radical (unpaired) electrons. The van der Waals surface area contributed by atoms with Crippen LogP contribution in [0.5, 0.6) is 0 Å². The van der Waals surface area contributed by atoms with Crippen LogP contribution in [-0.2, 0) is 38.4 Å². The highest BCUT2D eigenvalue weighted by molar-refractivity contribution is 5.87. The molecule has 8 amide bonds. The van der Waals surface area contributed by atoms with Gasteiger partial charge in [-0.15, -0.1) is 0 Å². The molecule has 0 aliphatic carbocycles. The first-order valence-corrected chi connectivity index (χ1v) is 23.2. The molecule has 0 spiro atoms. The average molecular weight is 894 g/mol. The third kappa shape index (κ3) is 21.8. The molecule has 0 aromatic heterocycles. The van der Waals surface area contributed by atoms with Crippen molar-refractivity contribution in [1.82, 2.24) is 40.4 Å².